The number of methoxy groups -OCH3 is 3. The van der Waals surface area contributed by atoms with Crippen molar-refractivity contribution in [1.29, 1.82) is 0 Å². The highest BCUT2D eigenvalue weighted by atomic mass is 16.6. The zero-order valence-electron chi connectivity index (χ0n) is 18.0. The van der Waals surface area contributed by atoms with Crippen molar-refractivity contribution in [3.8, 4) is 23.0 Å². The zero-order valence-corrected chi connectivity index (χ0v) is 18.0. The third kappa shape index (κ3) is 5.87. The Labute approximate surface area is 172 Å². The number of rotatable bonds is 10. The van der Waals surface area contributed by atoms with Crippen molar-refractivity contribution >= 4 is 5.97 Å². The first kappa shape index (κ1) is 22.6. The molecule has 0 amide bonds. The predicted octanol–water partition coefficient (Wildman–Crippen LogP) is 4.74. The highest BCUT2D eigenvalue weighted by Crippen LogP contribution is 2.35. The first-order valence-electron chi connectivity index (χ1n) is 9.66. The molecule has 0 radical (unpaired) electrons. The van der Waals surface area contributed by atoms with E-state index in [1.54, 1.807) is 26.4 Å². The molecule has 0 aliphatic carbocycles. The fourth-order valence-corrected chi connectivity index (χ4v) is 3.21. The molecule has 2 atom stereocenters. The van der Waals surface area contributed by atoms with Crippen molar-refractivity contribution in [1.82, 2.24) is 0 Å². The van der Waals surface area contributed by atoms with Gasteiger partial charge in [-0.15, -0.1) is 0 Å². The Balaban J connectivity index is 2.24. The smallest absolute Gasteiger partial charge is 0.308 e. The molecule has 2 unspecified atom stereocenters. The van der Waals surface area contributed by atoms with Gasteiger partial charge in [-0.2, -0.15) is 0 Å². The van der Waals surface area contributed by atoms with Gasteiger partial charge in [0.1, 0.15) is 12.2 Å². The van der Waals surface area contributed by atoms with E-state index in [1.807, 2.05) is 31.2 Å². The number of benzene rings is 2. The molecule has 2 aromatic carbocycles. The third-order valence-corrected chi connectivity index (χ3v) is 4.53. The highest BCUT2D eigenvalue weighted by Gasteiger charge is 2.24. The summed E-state index contributed by atoms with van der Waals surface area (Å²) in [5, 5.41) is 0. The average molecular weight is 402 g/mol. The molecule has 29 heavy (non-hydrogen) atoms. The molecule has 6 heteroatoms. The van der Waals surface area contributed by atoms with Crippen molar-refractivity contribution in [2.75, 3.05) is 21.3 Å². The molecule has 6 nitrogen and oxygen atoms in total. The van der Waals surface area contributed by atoms with Gasteiger partial charge < -0.3 is 23.7 Å². The van der Waals surface area contributed by atoms with Crippen LogP contribution in [0.2, 0.25) is 0 Å². The second-order valence-electron chi connectivity index (χ2n) is 6.72. The summed E-state index contributed by atoms with van der Waals surface area (Å²) >= 11 is 0. The summed E-state index contributed by atoms with van der Waals surface area (Å²) in [6, 6.07) is 11.3. The molecule has 158 valence electrons. The van der Waals surface area contributed by atoms with Gasteiger partial charge in [-0.1, -0.05) is 25.5 Å². The van der Waals surface area contributed by atoms with Crippen LogP contribution in [0.5, 0.6) is 23.0 Å². The average Bonchev–Trinajstić information content (AvgIpc) is 2.70. The molecule has 0 aliphatic heterocycles. The van der Waals surface area contributed by atoms with E-state index in [1.165, 1.54) is 19.6 Å². The lowest BCUT2D eigenvalue weighted by atomic mass is 10.0. The van der Waals surface area contributed by atoms with Gasteiger partial charge in [0, 0.05) is 14.0 Å². The molecular formula is C23H30O6. The van der Waals surface area contributed by atoms with E-state index in [0.717, 1.165) is 18.4 Å². The van der Waals surface area contributed by atoms with Crippen LogP contribution in [-0.4, -0.2) is 33.4 Å². The largest absolute Gasteiger partial charge is 0.493 e. The van der Waals surface area contributed by atoms with Crippen molar-refractivity contribution < 1.29 is 28.5 Å². The van der Waals surface area contributed by atoms with Crippen LogP contribution in [0.1, 0.15) is 44.4 Å². The van der Waals surface area contributed by atoms with Crippen LogP contribution >= 0.6 is 0 Å². The fraction of sp³-hybridized carbons (Fsp3) is 0.435. The Bertz CT molecular complexity index is 817. The van der Waals surface area contributed by atoms with Crippen molar-refractivity contribution in [3.05, 3.63) is 47.5 Å². The second-order valence-corrected chi connectivity index (χ2v) is 6.72. The number of hydrogen-bond acceptors (Lipinski definition) is 6. The van der Waals surface area contributed by atoms with Gasteiger partial charge in [0.15, 0.2) is 23.0 Å². The zero-order chi connectivity index (χ0) is 21.4. The number of carbonyl (C=O) groups is 1. The maximum atomic E-state index is 11.3. The third-order valence-electron chi connectivity index (χ3n) is 4.53. The van der Waals surface area contributed by atoms with Crippen LogP contribution in [0, 0.1) is 0 Å². The van der Waals surface area contributed by atoms with E-state index in [-0.39, 0.29) is 12.2 Å². The topological polar surface area (TPSA) is 63.2 Å². The van der Waals surface area contributed by atoms with Crippen LogP contribution in [0.25, 0.3) is 0 Å². The van der Waals surface area contributed by atoms with Gasteiger partial charge >= 0.3 is 5.97 Å². The van der Waals surface area contributed by atoms with Gasteiger partial charge in [0.2, 0.25) is 0 Å². The summed E-state index contributed by atoms with van der Waals surface area (Å²) in [5.41, 5.74) is 2.05. The molecule has 0 fully saturated rings. The summed E-state index contributed by atoms with van der Waals surface area (Å²) in [7, 11) is 4.78. The van der Waals surface area contributed by atoms with Crippen LogP contribution < -0.4 is 18.9 Å². The standard InChI is InChI=1S/C23H30O6/c1-7-8-17-9-11-19(21(13-17)25-4)28-15(2)23(27-6)18-10-12-20(29-16(3)24)22(14-18)26-5/h9-15,23H,7-8H2,1-6H3. The molecule has 0 aliphatic rings. The van der Waals surface area contributed by atoms with Gasteiger partial charge in [-0.3, -0.25) is 4.79 Å². The van der Waals surface area contributed by atoms with Crippen LogP contribution in [-0.2, 0) is 16.0 Å². The van der Waals surface area contributed by atoms with E-state index in [0.29, 0.717) is 23.0 Å². The SMILES string of the molecule is CCCc1ccc(OC(C)C(OC)c2ccc(OC(C)=O)c(OC)c2)c(OC)c1. The summed E-state index contributed by atoms with van der Waals surface area (Å²) in [5.74, 6) is 1.76. The van der Waals surface area contributed by atoms with Crippen molar-refractivity contribution in [3.63, 3.8) is 0 Å². The molecule has 0 spiro atoms. The molecule has 0 aromatic heterocycles. The van der Waals surface area contributed by atoms with E-state index in [4.69, 9.17) is 23.7 Å². The quantitative estimate of drug-likeness (QED) is 0.423. The fourth-order valence-electron chi connectivity index (χ4n) is 3.21. The Hall–Kier alpha value is -2.73. The van der Waals surface area contributed by atoms with E-state index in [2.05, 4.69) is 6.92 Å². The molecule has 0 bridgehead atoms. The van der Waals surface area contributed by atoms with Gasteiger partial charge in [0.05, 0.1) is 14.2 Å². The number of ether oxygens (including phenoxy) is 5. The number of aryl methyl sites for hydroxylation is 1. The maximum Gasteiger partial charge on any atom is 0.308 e. The summed E-state index contributed by atoms with van der Waals surface area (Å²) in [6.07, 6.45) is 1.38. The first-order chi connectivity index (χ1) is 13.9. The summed E-state index contributed by atoms with van der Waals surface area (Å²) in [4.78, 5) is 11.3. The van der Waals surface area contributed by atoms with Gasteiger partial charge in [-0.25, -0.2) is 0 Å². The maximum absolute atomic E-state index is 11.3. The van der Waals surface area contributed by atoms with Crippen LogP contribution in [0.3, 0.4) is 0 Å². The molecular weight excluding hydrogens is 372 g/mol. The second kappa shape index (κ2) is 10.7. The Morgan fingerprint density at radius 2 is 1.59 bits per heavy atom. The Kier molecular flexibility index (Phi) is 8.34. The summed E-state index contributed by atoms with van der Waals surface area (Å²) < 4.78 is 27.9. The van der Waals surface area contributed by atoms with Crippen molar-refractivity contribution in [2.45, 2.75) is 45.8 Å². The van der Waals surface area contributed by atoms with Gasteiger partial charge in [-0.05, 0) is 48.7 Å². The van der Waals surface area contributed by atoms with Crippen molar-refractivity contribution in [2.24, 2.45) is 0 Å². The lowest BCUT2D eigenvalue weighted by molar-refractivity contribution is -0.132. The van der Waals surface area contributed by atoms with Crippen LogP contribution in [0.15, 0.2) is 36.4 Å². The minimum Gasteiger partial charge on any atom is -0.493 e. The monoisotopic (exact) mass is 402 g/mol. The molecule has 0 saturated heterocycles. The molecule has 2 rings (SSSR count). The van der Waals surface area contributed by atoms with E-state index >= 15 is 0 Å². The molecule has 0 saturated carbocycles. The minimum atomic E-state index is -0.408. The molecule has 0 heterocycles. The molecule has 2 aromatic rings. The minimum absolute atomic E-state index is 0.310. The summed E-state index contributed by atoms with van der Waals surface area (Å²) in [6.45, 7) is 5.42. The van der Waals surface area contributed by atoms with Crippen LogP contribution in [0.4, 0.5) is 0 Å². The molecule has 0 N–H and O–H groups in total. The van der Waals surface area contributed by atoms with E-state index in [9.17, 15) is 4.79 Å². The van der Waals surface area contributed by atoms with Gasteiger partial charge in [0.25, 0.3) is 0 Å². The normalized spacial score (nSPS) is 12.8. The highest BCUT2D eigenvalue weighted by molar-refractivity contribution is 5.70. The number of esters is 1. The predicted molar refractivity (Wildman–Crippen MR) is 111 cm³/mol. The Morgan fingerprint density at radius 1 is 0.931 bits per heavy atom. The lowest BCUT2D eigenvalue weighted by Gasteiger charge is -2.25. The first-order valence-corrected chi connectivity index (χ1v) is 9.66. The lowest BCUT2D eigenvalue weighted by Crippen LogP contribution is -2.24. The van der Waals surface area contributed by atoms with E-state index < -0.39 is 5.97 Å². The number of hydrogen-bond donors (Lipinski definition) is 0. The number of carbonyl (C=O) groups excluding carboxylic acids is 1. The Morgan fingerprint density at radius 3 is 2.17 bits per heavy atom.